The summed E-state index contributed by atoms with van der Waals surface area (Å²) in [7, 11) is 0. The Labute approximate surface area is 93.1 Å². The van der Waals surface area contributed by atoms with Crippen molar-refractivity contribution in [2.45, 2.75) is 13.3 Å². The molecule has 0 radical (unpaired) electrons. The van der Waals surface area contributed by atoms with Crippen LogP contribution in [0.2, 0.25) is 0 Å². The largest absolute Gasteiger partial charge is 0.399 e. The molecule has 0 bridgehead atoms. The summed E-state index contributed by atoms with van der Waals surface area (Å²) in [6.45, 7) is 2.00. The molecule has 4 nitrogen and oxygen atoms in total. The molecule has 0 unspecified atom stereocenters. The van der Waals surface area contributed by atoms with Crippen LogP contribution < -0.4 is 11.3 Å². The lowest BCUT2D eigenvalue weighted by molar-refractivity contribution is 0.957. The molecule has 1 aromatic heterocycles. The van der Waals surface area contributed by atoms with Gasteiger partial charge in [-0.15, -0.1) is 0 Å². The van der Waals surface area contributed by atoms with E-state index in [0.29, 0.717) is 5.69 Å². The molecule has 0 aliphatic carbocycles. The molecule has 82 valence electrons. The number of aromatic amines is 1. The average Bonchev–Trinajstić information content (AvgIpc) is 2.30. The number of rotatable bonds is 2. The summed E-state index contributed by atoms with van der Waals surface area (Å²) in [5, 5.41) is 6.52. The van der Waals surface area contributed by atoms with Crippen LogP contribution in [0.15, 0.2) is 35.1 Å². The molecule has 16 heavy (non-hydrogen) atoms. The van der Waals surface area contributed by atoms with E-state index in [2.05, 4.69) is 10.2 Å². The second kappa shape index (κ2) is 4.18. The van der Waals surface area contributed by atoms with Crippen LogP contribution in [0.3, 0.4) is 0 Å². The Balaban J connectivity index is 2.55. The van der Waals surface area contributed by atoms with Crippen LogP contribution in [0, 0.1) is 0 Å². The second-order valence-corrected chi connectivity index (χ2v) is 3.58. The van der Waals surface area contributed by atoms with Gasteiger partial charge in [0.15, 0.2) is 0 Å². The highest BCUT2D eigenvalue weighted by molar-refractivity contribution is 5.64. The van der Waals surface area contributed by atoms with Gasteiger partial charge in [0, 0.05) is 17.3 Å². The number of aromatic nitrogens is 2. The summed E-state index contributed by atoms with van der Waals surface area (Å²) in [6, 6.07) is 9.02. The van der Waals surface area contributed by atoms with E-state index in [0.717, 1.165) is 23.2 Å². The number of hydrogen-bond donors (Lipinski definition) is 2. The predicted molar refractivity (Wildman–Crippen MR) is 64.1 cm³/mol. The average molecular weight is 215 g/mol. The van der Waals surface area contributed by atoms with Crippen LogP contribution in [0.4, 0.5) is 5.69 Å². The maximum atomic E-state index is 11.1. The van der Waals surface area contributed by atoms with Crippen molar-refractivity contribution in [2.75, 3.05) is 5.73 Å². The Bertz CT molecular complexity index is 543. The van der Waals surface area contributed by atoms with E-state index in [1.165, 1.54) is 0 Å². The normalized spacial score (nSPS) is 10.3. The number of H-pyrrole nitrogens is 1. The zero-order valence-corrected chi connectivity index (χ0v) is 9.03. The van der Waals surface area contributed by atoms with E-state index < -0.39 is 0 Å². The van der Waals surface area contributed by atoms with Crippen molar-refractivity contribution >= 4 is 5.69 Å². The van der Waals surface area contributed by atoms with Crippen molar-refractivity contribution in [3.8, 4) is 11.3 Å². The summed E-state index contributed by atoms with van der Waals surface area (Å²) in [6.07, 6.45) is 0.774. The third-order valence-corrected chi connectivity index (χ3v) is 2.45. The number of benzene rings is 1. The molecule has 2 aromatic rings. The summed E-state index contributed by atoms with van der Waals surface area (Å²) in [5.41, 5.74) is 8.87. The number of nitrogens with two attached hydrogens (primary N) is 1. The van der Waals surface area contributed by atoms with Crippen LogP contribution in [0.25, 0.3) is 11.3 Å². The maximum absolute atomic E-state index is 11.1. The third-order valence-electron chi connectivity index (χ3n) is 2.45. The quantitative estimate of drug-likeness (QED) is 0.747. The van der Waals surface area contributed by atoms with Crippen LogP contribution in [-0.4, -0.2) is 10.2 Å². The highest BCUT2D eigenvalue weighted by Crippen LogP contribution is 2.20. The van der Waals surface area contributed by atoms with E-state index in [-0.39, 0.29) is 5.56 Å². The van der Waals surface area contributed by atoms with Crippen molar-refractivity contribution in [3.05, 3.63) is 46.2 Å². The lowest BCUT2D eigenvalue weighted by Gasteiger charge is -2.05. The highest BCUT2D eigenvalue weighted by atomic mass is 16.1. The summed E-state index contributed by atoms with van der Waals surface area (Å²) < 4.78 is 0. The minimum Gasteiger partial charge on any atom is -0.399 e. The molecule has 0 fully saturated rings. The lowest BCUT2D eigenvalue weighted by Crippen LogP contribution is -2.09. The van der Waals surface area contributed by atoms with Gasteiger partial charge in [-0.3, -0.25) is 4.79 Å². The molecule has 0 aliphatic rings. The second-order valence-electron chi connectivity index (χ2n) is 3.58. The number of nitrogens with one attached hydrogen (secondary N) is 1. The zero-order chi connectivity index (χ0) is 11.5. The molecule has 0 atom stereocenters. The van der Waals surface area contributed by atoms with Crippen molar-refractivity contribution in [1.82, 2.24) is 10.2 Å². The van der Waals surface area contributed by atoms with Gasteiger partial charge in [0.2, 0.25) is 0 Å². The molecule has 0 saturated heterocycles. The van der Waals surface area contributed by atoms with Gasteiger partial charge in [-0.2, -0.15) is 5.10 Å². The van der Waals surface area contributed by atoms with Gasteiger partial charge in [-0.1, -0.05) is 19.1 Å². The van der Waals surface area contributed by atoms with E-state index >= 15 is 0 Å². The van der Waals surface area contributed by atoms with Gasteiger partial charge in [0.1, 0.15) is 0 Å². The molecule has 1 heterocycles. The molecule has 0 saturated carbocycles. The molecule has 3 N–H and O–H groups in total. The zero-order valence-electron chi connectivity index (χ0n) is 9.03. The topological polar surface area (TPSA) is 71.8 Å². The molecular formula is C12H13N3O. The van der Waals surface area contributed by atoms with Gasteiger partial charge in [-0.25, -0.2) is 5.10 Å². The molecule has 0 aliphatic heterocycles. The van der Waals surface area contributed by atoms with Gasteiger partial charge >= 0.3 is 0 Å². The first kappa shape index (κ1) is 10.4. The van der Waals surface area contributed by atoms with Crippen molar-refractivity contribution in [1.29, 1.82) is 0 Å². The smallest absolute Gasteiger partial charge is 0.264 e. The molecule has 0 amide bonds. The lowest BCUT2D eigenvalue weighted by atomic mass is 10.0. The van der Waals surface area contributed by atoms with Crippen molar-refractivity contribution in [2.24, 2.45) is 0 Å². The van der Waals surface area contributed by atoms with Gasteiger partial charge in [0.05, 0.1) is 5.69 Å². The standard InChI is InChI=1S/C12H13N3O/c1-2-8-7-11(16)14-15-12(8)9-3-5-10(13)6-4-9/h3-7H,2,13H2,1H3,(H,14,16). The van der Waals surface area contributed by atoms with E-state index in [4.69, 9.17) is 5.73 Å². The van der Waals surface area contributed by atoms with Crippen LogP contribution in [-0.2, 0) is 6.42 Å². The summed E-state index contributed by atoms with van der Waals surface area (Å²) in [4.78, 5) is 11.1. The first-order valence-electron chi connectivity index (χ1n) is 5.15. The number of nitrogens with zero attached hydrogens (tertiary/aromatic N) is 1. The van der Waals surface area contributed by atoms with Crippen LogP contribution >= 0.6 is 0 Å². The summed E-state index contributed by atoms with van der Waals surface area (Å²) >= 11 is 0. The fraction of sp³-hybridized carbons (Fsp3) is 0.167. The monoisotopic (exact) mass is 215 g/mol. The van der Waals surface area contributed by atoms with Gasteiger partial charge in [-0.05, 0) is 24.1 Å². The Morgan fingerprint density at radius 3 is 2.62 bits per heavy atom. The minimum absolute atomic E-state index is 0.170. The van der Waals surface area contributed by atoms with Crippen LogP contribution in [0.5, 0.6) is 0 Å². The molecular weight excluding hydrogens is 202 g/mol. The number of nitrogen functional groups attached to an aromatic ring is 1. The van der Waals surface area contributed by atoms with Crippen molar-refractivity contribution < 1.29 is 0 Å². The number of hydrogen-bond acceptors (Lipinski definition) is 3. The Hall–Kier alpha value is -2.10. The Morgan fingerprint density at radius 1 is 1.31 bits per heavy atom. The van der Waals surface area contributed by atoms with E-state index in [1.54, 1.807) is 6.07 Å². The maximum Gasteiger partial charge on any atom is 0.264 e. The van der Waals surface area contributed by atoms with Crippen molar-refractivity contribution in [3.63, 3.8) is 0 Å². The molecule has 0 spiro atoms. The molecule has 1 aromatic carbocycles. The SMILES string of the molecule is CCc1cc(=O)[nH]nc1-c1ccc(N)cc1. The van der Waals surface area contributed by atoms with E-state index in [9.17, 15) is 4.79 Å². The molecule has 2 rings (SSSR count). The van der Waals surface area contributed by atoms with Gasteiger partial charge in [0.25, 0.3) is 5.56 Å². The summed E-state index contributed by atoms with van der Waals surface area (Å²) in [5.74, 6) is 0. The Kier molecular flexibility index (Phi) is 2.72. The molecule has 4 heteroatoms. The van der Waals surface area contributed by atoms with Crippen LogP contribution in [0.1, 0.15) is 12.5 Å². The van der Waals surface area contributed by atoms with E-state index in [1.807, 2.05) is 31.2 Å². The first-order valence-corrected chi connectivity index (χ1v) is 5.15. The number of aryl methyl sites for hydroxylation is 1. The predicted octanol–water partition coefficient (Wildman–Crippen LogP) is 1.58. The fourth-order valence-corrected chi connectivity index (χ4v) is 1.60. The van der Waals surface area contributed by atoms with Gasteiger partial charge < -0.3 is 5.73 Å². The minimum atomic E-state index is -0.170. The third kappa shape index (κ3) is 1.95. The Morgan fingerprint density at radius 2 is 2.00 bits per heavy atom. The first-order chi connectivity index (χ1) is 7.70. The highest BCUT2D eigenvalue weighted by Gasteiger charge is 2.06. The fourth-order valence-electron chi connectivity index (χ4n) is 1.60. The number of anilines is 1.